The van der Waals surface area contributed by atoms with Crippen LogP contribution in [0.15, 0.2) is 18.2 Å². The zero-order valence-electron chi connectivity index (χ0n) is 9.40. The molecule has 0 N–H and O–H groups in total. The lowest BCUT2D eigenvalue weighted by Crippen LogP contribution is -1.96. The topological polar surface area (TPSA) is 52.4 Å². The van der Waals surface area contributed by atoms with Crippen LogP contribution in [-0.4, -0.2) is 16.9 Å². The second kappa shape index (κ2) is 6.92. The molecule has 1 aromatic carbocycles. The van der Waals surface area contributed by atoms with Crippen LogP contribution in [0.4, 0.5) is 5.69 Å². The summed E-state index contributed by atoms with van der Waals surface area (Å²) < 4.78 is 5.37. The van der Waals surface area contributed by atoms with Crippen molar-refractivity contribution in [2.45, 2.75) is 13.3 Å². The zero-order chi connectivity index (χ0) is 12.7. The van der Waals surface area contributed by atoms with Crippen molar-refractivity contribution in [3.05, 3.63) is 33.9 Å². The minimum atomic E-state index is -0.439. The smallest absolute Gasteiger partial charge is 0.270 e. The number of benzene rings is 1. The second-order valence-electron chi connectivity index (χ2n) is 3.11. The van der Waals surface area contributed by atoms with Gasteiger partial charge in [-0.1, -0.05) is 27.8 Å². The second-order valence-corrected chi connectivity index (χ2v) is 3.90. The van der Waals surface area contributed by atoms with Crippen LogP contribution in [0, 0.1) is 22.0 Å². The van der Waals surface area contributed by atoms with Crippen molar-refractivity contribution in [3.63, 3.8) is 0 Å². The van der Waals surface area contributed by atoms with E-state index in [4.69, 9.17) is 4.74 Å². The average molecular weight is 298 g/mol. The Morgan fingerprint density at radius 2 is 2.29 bits per heavy atom. The van der Waals surface area contributed by atoms with Crippen LogP contribution in [-0.2, 0) is 0 Å². The molecule has 0 aliphatic carbocycles. The molecule has 0 saturated carbocycles. The number of nitrogens with zero attached hydrogens (tertiary/aromatic N) is 1. The number of hydrogen-bond donors (Lipinski definition) is 0. The van der Waals surface area contributed by atoms with Crippen molar-refractivity contribution < 1.29 is 9.66 Å². The summed E-state index contributed by atoms with van der Waals surface area (Å²) in [5, 5.41) is 11.4. The molecule has 0 atom stereocenters. The number of nitro benzene ring substituents is 1. The fraction of sp³-hybridized carbons (Fsp3) is 0.333. The molecule has 0 fully saturated rings. The molecule has 0 radical (unpaired) electrons. The molecule has 90 valence electrons. The van der Waals surface area contributed by atoms with E-state index in [-0.39, 0.29) is 5.69 Å². The fourth-order valence-electron chi connectivity index (χ4n) is 1.22. The summed E-state index contributed by atoms with van der Waals surface area (Å²) in [6, 6.07) is 4.44. The summed E-state index contributed by atoms with van der Waals surface area (Å²) in [4.78, 5) is 10.2. The van der Waals surface area contributed by atoms with Crippen molar-refractivity contribution in [3.8, 4) is 17.6 Å². The lowest BCUT2D eigenvalue weighted by molar-refractivity contribution is -0.384. The predicted octanol–water partition coefficient (Wildman–Crippen LogP) is 3.13. The number of nitro groups is 1. The van der Waals surface area contributed by atoms with E-state index < -0.39 is 4.92 Å². The molecule has 1 rings (SSSR count). The van der Waals surface area contributed by atoms with Crippen molar-refractivity contribution >= 4 is 21.6 Å². The Morgan fingerprint density at radius 3 is 2.88 bits per heavy atom. The molecule has 0 aliphatic heterocycles. The first-order chi connectivity index (χ1) is 8.19. The molecule has 4 nitrogen and oxygen atoms in total. The number of hydrogen-bond acceptors (Lipinski definition) is 3. The first-order valence-electron chi connectivity index (χ1n) is 5.15. The zero-order valence-corrected chi connectivity index (χ0v) is 11.0. The van der Waals surface area contributed by atoms with E-state index in [1.165, 1.54) is 12.1 Å². The normalized spacial score (nSPS) is 9.29. The maximum Gasteiger partial charge on any atom is 0.270 e. The molecule has 0 saturated heterocycles. The molecule has 17 heavy (non-hydrogen) atoms. The van der Waals surface area contributed by atoms with Gasteiger partial charge in [-0.25, -0.2) is 0 Å². The molecule has 0 heterocycles. The van der Waals surface area contributed by atoms with Gasteiger partial charge in [0.2, 0.25) is 0 Å². The summed E-state index contributed by atoms with van der Waals surface area (Å²) in [7, 11) is 0. The largest absolute Gasteiger partial charge is 0.493 e. The molecule has 0 aliphatic rings. The quantitative estimate of drug-likeness (QED) is 0.371. The Hall–Kier alpha value is -1.54. The molecule has 1 aromatic rings. The SMILES string of the molecule is CCOc1ccc([N+](=O)[O-])cc1C#CCCBr. The highest BCUT2D eigenvalue weighted by Crippen LogP contribution is 2.23. The molecule has 0 amide bonds. The van der Waals surface area contributed by atoms with Crippen molar-refractivity contribution in [2.24, 2.45) is 0 Å². The Labute approximate surface area is 108 Å². The van der Waals surface area contributed by atoms with E-state index in [9.17, 15) is 10.1 Å². The number of alkyl halides is 1. The highest BCUT2D eigenvalue weighted by molar-refractivity contribution is 9.09. The lowest BCUT2D eigenvalue weighted by atomic mass is 10.2. The fourth-order valence-corrected chi connectivity index (χ4v) is 1.41. The van der Waals surface area contributed by atoms with Crippen LogP contribution in [0.25, 0.3) is 0 Å². The maximum atomic E-state index is 10.7. The summed E-state index contributed by atoms with van der Waals surface area (Å²) in [6.45, 7) is 2.36. The van der Waals surface area contributed by atoms with Gasteiger partial charge in [0.05, 0.1) is 17.1 Å². The van der Waals surface area contributed by atoms with Crippen LogP contribution >= 0.6 is 15.9 Å². The van der Waals surface area contributed by atoms with Crippen LogP contribution < -0.4 is 4.74 Å². The predicted molar refractivity (Wildman–Crippen MR) is 69.6 cm³/mol. The van der Waals surface area contributed by atoms with Gasteiger partial charge < -0.3 is 4.74 Å². The third-order valence-corrected chi connectivity index (χ3v) is 2.31. The van der Waals surface area contributed by atoms with Gasteiger partial charge in [0.1, 0.15) is 5.75 Å². The Bertz CT molecular complexity index is 463. The van der Waals surface area contributed by atoms with Gasteiger partial charge in [-0.2, -0.15) is 0 Å². The van der Waals surface area contributed by atoms with E-state index in [2.05, 4.69) is 27.8 Å². The Kier molecular flexibility index (Phi) is 5.50. The van der Waals surface area contributed by atoms with Gasteiger partial charge in [0.15, 0.2) is 0 Å². The van der Waals surface area contributed by atoms with Gasteiger partial charge >= 0.3 is 0 Å². The summed E-state index contributed by atoms with van der Waals surface area (Å²) in [5.41, 5.74) is 0.582. The molecule has 0 aromatic heterocycles. The summed E-state index contributed by atoms with van der Waals surface area (Å²) in [5.74, 6) is 6.39. The molecular formula is C12H12BrNO3. The Morgan fingerprint density at radius 1 is 1.53 bits per heavy atom. The van der Waals surface area contributed by atoms with Crippen molar-refractivity contribution in [1.82, 2.24) is 0 Å². The molecule has 0 spiro atoms. The van der Waals surface area contributed by atoms with E-state index in [0.717, 1.165) is 5.33 Å². The maximum absolute atomic E-state index is 10.7. The number of ether oxygens (including phenoxy) is 1. The van der Waals surface area contributed by atoms with Crippen LogP contribution in [0.2, 0.25) is 0 Å². The van der Waals surface area contributed by atoms with E-state index in [0.29, 0.717) is 24.3 Å². The number of non-ortho nitro benzene ring substituents is 1. The van der Waals surface area contributed by atoms with Crippen LogP contribution in [0.1, 0.15) is 18.9 Å². The molecular weight excluding hydrogens is 286 g/mol. The van der Waals surface area contributed by atoms with E-state index in [1.807, 2.05) is 6.92 Å². The van der Waals surface area contributed by atoms with Crippen LogP contribution in [0.3, 0.4) is 0 Å². The Balaban J connectivity index is 3.07. The minimum absolute atomic E-state index is 0.0246. The lowest BCUT2D eigenvalue weighted by Gasteiger charge is -2.05. The molecule has 5 heteroatoms. The van der Waals surface area contributed by atoms with E-state index in [1.54, 1.807) is 6.07 Å². The third kappa shape index (κ3) is 4.08. The average Bonchev–Trinajstić information content (AvgIpc) is 2.31. The highest BCUT2D eigenvalue weighted by atomic mass is 79.9. The first-order valence-corrected chi connectivity index (χ1v) is 6.27. The van der Waals surface area contributed by atoms with E-state index >= 15 is 0 Å². The highest BCUT2D eigenvalue weighted by Gasteiger charge is 2.09. The first kappa shape index (κ1) is 13.5. The monoisotopic (exact) mass is 297 g/mol. The van der Waals surface area contributed by atoms with Gasteiger partial charge in [-0.3, -0.25) is 10.1 Å². The number of halogens is 1. The minimum Gasteiger partial charge on any atom is -0.493 e. The van der Waals surface area contributed by atoms with Crippen molar-refractivity contribution in [1.29, 1.82) is 0 Å². The van der Waals surface area contributed by atoms with Crippen LogP contribution in [0.5, 0.6) is 5.75 Å². The summed E-state index contributed by atoms with van der Waals surface area (Å²) in [6.07, 6.45) is 0.689. The van der Waals surface area contributed by atoms with Crippen molar-refractivity contribution in [2.75, 3.05) is 11.9 Å². The number of rotatable bonds is 4. The van der Waals surface area contributed by atoms with Gasteiger partial charge in [0, 0.05) is 23.9 Å². The third-order valence-electron chi connectivity index (χ3n) is 1.92. The molecule has 0 unspecified atom stereocenters. The van der Waals surface area contributed by atoms with Gasteiger partial charge in [-0.05, 0) is 13.0 Å². The van der Waals surface area contributed by atoms with Gasteiger partial charge in [0.25, 0.3) is 5.69 Å². The summed E-state index contributed by atoms with van der Waals surface area (Å²) >= 11 is 3.27. The van der Waals surface area contributed by atoms with Gasteiger partial charge in [-0.15, -0.1) is 0 Å². The molecule has 0 bridgehead atoms. The standard InChI is InChI=1S/C12H12BrNO3/c1-2-17-12-7-6-11(14(15)16)9-10(12)5-3-4-8-13/h6-7,9H,2,4,8H2,1H3.